The fourth-order valence-electron chi connectivity index (χ4n) is 2.16. The first-order valence-corrected chi connectivity index (χ1v) is 7.86. The third-order valence-electron chi connectivity index (χ3n) is 3.37. The zero-order valence-corrected chi connectivity index (χ0v) is 13.9. The molecule has 124 valence electrons. The Balaban J connectivity index is 1.70. The van der Waals surface area contributed by atoms with Crippen LogP contribution in [-0.2, 0) is 13.1 Å². The highest BCUT2D eigenvalue weighted by Crippen LogP contribution is 2.21. The van der Waals surface area contributed by atoms with Gasteiger partial charge in [-0.2, -0.15) is 5.10 Å². The molecule has 3 rings (SSSR count). The van der Waals surface area contributed by atoms with Crippen LogP contribution in [0.1, 0.15) is 11.4 Å². The molecule has 0 unspecified atom stereocenters. The number of H-pyrrole nitrogens is 1. The quantitative estimate of drug-likeness (QED) is 0.723. The molecule has 0 spiro atoms. The second-order valence-corrected chi connectivity index (χ2v) is 5.97. The summed E-state index contributed by atoms with van der Waals surface area (Å²) < 4.78 is 14.1. The second kappa shape index (κ2) is 7.07. The summed E-state index contributed by atoms with van der Waals surface area (Å²) in [5.41, 5.74) is 1.14. The summed E-state index contributed by atoms with van der Waals surface area (Å²) in [7, 11) is 0. The van der Waals surface area contributed by atoms with Crippen molar-refractivity contribution in [3.05, 3.63) is 80.2 Å². The van der Waals surface area contributed by atoms with Crippen LogP contribution in [0.4, 0.5) is 10.1 Å². The second-order valence-electron chi connectivity index (χ2n) is 5.13. The minimum atomic E-state index is -0.336. The number of aromatic nitrogens is 3. The first-order valence-electron chi connectivity index (χ1n) is 7.10. The zero-order valence-electron chi connectivity index (χ0n) is 12.4. The number of nitrogens with zero attached hydrogens (tertiary/aromatic N) is 2. The fourth-order valence-corrected chi connectivity index (χ4v) is 2.62. The van der Waals surface area contributed by atoms with E-state index in [-0.39, 0.29) is 18.1 Å². The average Bonchev–Trinajstić information content (AvgIpc) is 2.89. The predicted molar refractivity (Wildman–Crippen MR) is 92.1 cm³/mol. The number of hydrogen-bond donors (Lipinski definition) is 2. The number of benzene rings is 2. The van der Waals surface area contributed by atoms with Crippen LogP contribution in [0.15, 0.2) is 47.3 Å². The van der Waals surface area contributed by atoms with Crippen molar-refractivity contribution in [1.29, 1.82) is 0 Å². The first kappa shape index (κ1) is 16.5. The van der Waals surface area contributed by atoms with Gasteiger partial charge >= 0.3 is 5.69 Å². The summed E-state index contributed by atoms with van der Waals surface area (Å²) in [5, 5.41) is 8.28. The van der Waals surface area contributed by atoms with E-state index in [1.54, 1.807) is 30.3 Å². The minimum absolute atomic E-state index is 0.238. The van der Waals surface area contributed by atoms with Crippen molar-refractivity contribution in [3.63, 3.8) is 0 Å². The van der Waals surface area contributed by atoms with Gasteiger partial charge in [-0.05, 0) is 42.0 Å². The van der Waals surface area contributed by atoms with Gasteiger partial charge in [0.05, 0.1) is 13.1 Å². The Morgan fingerprint density at radius 3 is 2.62 bits per heavy atom. The number of aromatic amines is 1. The maximum absolute atomic E-state index is 12.9. The van der Waals surface area contributed by atoms with Crippen LogP contribution in [-0.4, -0.2) is 14.8 Å². The van der Waals surface area contributed by atoms with Crippen LogP contribution in [0.2, 0.25) is 10.0 Å². The Morgan fingerprint density at radius 2 is 1.92 bits per heavy atom. The van der Waals surface area contributed by atoms with Crippen LogP contribution in [0.25, 0.3) is 0 Å². The minimum Gasteiger partial charge on any atom is -0.378 e. The normalized spacial score (nSPS) is 10.8. The number of anilines is 1. The molecule has 0 fully saturated rings. The molecule has 0 aliphatic rings. The largest absolute Gasteiger partial charge is 0.378 e. The molecule has 0 saturated carbocycles. The molecule has 2 N–H and O–H groups in total. The van der Waals surface area contributed by atoms with Crippen molar-refractivity contribution in [2.45, 2.75) is 13.1 Å². The Kier molecular flexibility index (Phi) is 4.87. The average molecular weight is 367 g/mol. The van der Waals surface area contributed by atoms with E-state index in [9.17, 15) is 9.18 Å². The SMILES string of the molecule is O=c1[nH]c(CNc2ccc(F)cc2)nn1Cc1ccc(Cl)cc1Cl. The molecule has 3 aromatic rings. The molecule has 5 nitrogen and oxygen atoms in total. The zero-order chi connectivity index (χ0) is 17.1. The van der Waals surface area contributed by atoms with Gasteiger partial charge in [0.25, 0.3) is 0 Å². The Hall–Kier alpha value is -2.31. The summed E-state index contributed by atoms with van der Waals surface area (Å²) in [5.74, 6) is 0.160. The Morgan fingerprint density at radius 1 is 1.17 bits per heavy atom. The third kappa shape index (κ3) is 3.96. The molecule has 0 bridgehead atoms. The van der Waals surface area contributed by atoms with Gasteiger partial charge in [-0.3, -0.25) is 4.98 Å². The molecular formula is C16H13Cl2FN4O. The standard InChI is InChI=1S/C16H13Cl2FN4O/c17-11-2-1-10(14(18)7-11)9-23-16(24)21-15(22-23)8-20-13-5-3-12(19)4-6-13/h1-7,20H,8-9H2,(H,21,22,24). The lowest BCUT2D eigenvalue weighted by Crippen LogP contribution is -2.18. The van der Waals surface area contributed by atoms with Crippen molar-refractivity contribution < 1.29 is 4.39 Å². The third-order valence-corrected chi connectivity index (χ3v) is 3.95. The smallest absolute Gasteiger partial charge is 0.343 e. The van der Waals surface area contributed by atoms with Crippen LogP contribution >= 0.6 is 23.2 Å². The summed E-state index contributed by atoms with van der Waals surface area (Å²) in [6.07, 6.45) is 0. The molecule has 0 radical (unpaired) electrons. The molecule has 24 heavy (non-hydrogen) atoms. The molecular weight excluding hydrogens is 354 g/mol. The molecule has 0 aliphatic heterocycles. The summed E-state index contributed by atoms with van der Waals surface area (Å²) in [4.78, 5) is 14.6. The highest BCUT2D eigenvalue weighted by Gasteiger charge is 2.08. The van der Waals surface area contributed by atoms with E-state index in [0.717, 1.165) is 11.3 Å². The monoisotopic (exact) mass is 366 g/mol. The van der Waals surface area contributed by atoms with Gasteiger partial charge in [0.2, 0.25) is 0 Å². The number of hydrogen-bond acceptors (Lipinski definition) is 3. The lowest BCUT2D eigenvalue weighted by atomic mass is 10.2. The lowest BCUT2D eigenvalue weighted by Gasteiger charge is -2.04. The molecule has 1 aromatic heterocycles. The van der Waals surface area contributed by atoms with Crippen molar-refractivity contribution in [2.75, 3.05) is 5.32 Å². The maximum Gasteiger partial charge on any atom is 0.343 e. The van der Waals surface area contributed by atoms with Crippen molar-refractivity contribution >= 4 is 28.9 Å². The van der Waals surface area contributed by atoms with Gasteiger partial charge in [0.15, 0.2) is 0 Å². The fraction of sp³-hybridized carbons (Fsp3) is 0.125. The number of rotatable bonds is 5. The van der Waals surface area contributed by atoms with Gasteiger partial charge in [-0.25, -0.2) is 13.9 Å². The molecule has 0 saturated heterocycles. The van der Waals surface area contributed by atoms with E-state index in [4.69, 9.17) is 23.2 Å². The predicted octanol–water partition coefficient (Wildman–Crippen LogP) is 3.68. The van der Waals surface area contributed by atoms with Crippen LogP contribution in [0.3, 0.4) is 0 Å². The lowest BCUT2D eigenvalue weighted by molar-refractivity contribution is 0.628. The maximum atomic E-state index is 12.9. The van der Waals surface area contributed by atoms with Gasteiger partial charge < -0.3 is 5.32 Å². The molecule has 0 aliphatic carbocycles. The summed E-state index contributed by atoms with van der Waals surface area (Å²) in [6, 6.07) is 11.0. The molecule has 2 aromatic carbocycles. The Labute approximate surface area is 147 Å². The van der Waals surface area contributed by atoms with E-state index in [2.05, 4.69) is 15.4 Å². The summed E-state index contributed by atoms with van der Waals surface area (Å²) >= 11 is 12.0. The van der Waals surface area contributed by atoms with Crippen molar-refractivity contribution in [2.24, 2.45) is 0 Å². The van der Waals surface area contributed by atoms with Crippen molar-refractivity contribution in [1.82, 2.24) is 14.8 Å². The van der Waals surface area contributed by atoms with E-state index in [1.807, 2.05) is 0 Å². The highest BCUT2D eigenvalue weighted by molar-refractivity contribution is 6.35. The van der Waals surface area contributed by atoms with Crippen LogP contribution in [0, 0.1) is 5.82 Å². The van der Waals surface area contributed by atoms with Crippen LogP contribution in [0.5, 0.6) is 0 Å². The van der Waals surface area contributed by atoms with Crippen molar-refractivity contribution in [3.8, 4) is 0 Å². The van der Waals surface area contributed by atoms with E-state index in [0.29, 0.717) is 22.4 Å². The van der Waals surface area contributed by atoms with Gasteiger partial charge in [0.1, 0.15) is 11.6 Å². The first-order chi connectivity index (χ1) is 11.5. The molecule has 1 heterocycles. The van der Waals surface area contributed by atoms with Gasteiger partial charge in [-0.15, -0.1) is 0 Å². The molecule has 8 heteroatoms. The highest BCUT2D eigenvalue weighted by atomic mass is 35.5. The van der Waals surface area contributed by atoms with E-state index in [1.165, 1.54) is 16.8 Å². The summed E-state index contributed by atoms with van der Waals surface area (Å²) in [6.45, 7) is 0.546. The van der Waals surface area contributed by atoms with Crippen LogP contribution < -0.4 is 11.0 Å². The number of nitrogens with one attached hydrogen (secondary N) is 2. The Bertz CT molecular complexity index is 905. The van der Waals surface area contributed by atoms with Gasteiger partial charge in [0, 0.05) is 15.7 Å². The number of halogens is 3. The molecule has 0 atom stereocenters. The van der Waals surface area contributed by atoms with E-state index < -0.39 is 0 Å². The topological polar surface area (TPSA) is 62.7 Å². The van der Waals surface area contributed by atoms with E-state index >= 15 is 0 Å². The molecule has 0 amide bonds. The van der Waals surface area contributed by atoms with Gasteiger partial charge in [-0.1, -0.05) is 29.3 Å².